The van der Waals surface area contributed by atoms with E-state index in [0.717, 1.165) is 11.3 Å². The lowest BCUT2D eigenvalue weighted by Gasteiger charge is -2.15. The van der Waals surface area contributed by atoms with Gasteiger partial charge >= 0.3 is 0 Å². The third-order valence-electron chi connectivity index (χ3n) is 2.66. The summed E-state index contributed by atoms with van der Waals surface area (Å²) in [6, 6.07) is 8.08. The number of para-hydroxylation sites is 1. The SMILES string of the molecule is C=CCOc1ccccc1COC[C@@H](O)CNC(C)C. The maximum atomic E-state index is 9.75. The predicted molar refractivity (Wildman–Crippen MR) is 80.9 cm³/mol. The maximum Gasteiger partial charge on any atom is 0.125 e. The molecule has 2 N–H and O–H groups in total. The van der Waals surface area contributed by atoms with E-state index in [9.17, 15) is 5.11 Å². The molecule has 0 heterocycles. The molecule has 1 atom stereocenters. The molecule has 0 unspecified atom stereocenters. The molecule has 4 heteroatoms. The van der Waals surface area contributed by atoms with Gasteiger partial charge in [-0.3, -0.25) is 0 Å². The summed E-state index contributed by atoms with van der Waals surface area (Å²) in [5.41, 5.74) is 0.971. The van der Waals surface area contributed by atoms with Gasteiger partial charge in [-0.1, -0.05) is 44.7 Å². The Kier molecular flexibility index (Phi) is 7.95. The van der Waals surface area contributed by atoms with Crippen molar-refractivity contribution in [3.05, 3.63) is 42.5 Å². The van der Waals surface area contributed by atoms with Gasteiger partial charge in [0.25, 0.3) is 0 Å². The minimum atomic E-state index is -0.501. The lowest BCUT2D eigenvalue weighted by Crippen LogP contribution is -2.34. The molecular formula is C16H25NO3. The Morgan fingerprint density at radius 1 is 1.35 bits per heavy atom. The van der Waals surface area contributed by atoms with Crippen LogP contribution in [0.5, 0.6) is 5.75 Å². The fraction of sp³-hybridized carbons (Fsp3) is 0.500. The van der Waals surface area contributed by atoms with Crippen LogP contribution < -0.4 is 10.1 Å². The molecule has 0 aliphatic carbocycles. The predicted octanol–water partition coefficient (Wildman–Crippen LogP) is 2.13. The zero-order chi connectivity index (χ0) is 14.8. The van der Waals surface area contributed by atoms with Crippen LogP contribution in [-0.4, -0.2) is 37.0 Å². The monoisotopic (exact) mass is 279 g/mol. The minimum absolute atomic E-state index is 0.301. The second-order valence-corrected chi connectivity index (χ2v) is 4.94. The van der Waals surface area contributed by atoms with Gasteiger partial charge in [0.05, 0.1) is 19.3 Å². The summed E-state index contributed by atoms with van der Waals surface area (Å²) in [7, 11) is 0. The van der Waals surface area contributed by atoms with Crippen molar-refractivity contribution in [3.8, 4) is 5.75 Å². The maximum absolute atomic E-state index is 9.75. The van der Waals surface area contributed by atoms with Crippen molar-refractivity contribution < 1.29 is 14.6 Å². The summed E-state index contributed by atoms with van der Waals surface area (Å²) in [6.07, 6.45) is 1.21. The van der Waals surface area contributed by atoms with Crippen molar-refractivity contribution >= 4 is 0 Å². The zero-order valence-corrected chi connectivity index (χ0v) is 12.3. The molecule has 4 nitrogen and oxygen atoms in total. The highest BCUT2D eigenvalue weighted by Gasteiger charge is 2.07. The third-order valence-corrected chi connectivity index (χ3v) is 2.66. The Hall–Kier alpha value is -1.36. The summed E-state index contributed by atoms with van der Waals surface area (Å²) >= 11 is 0. The molecule has 1 aromatic rings. The molecule has 0 aliphatic rings. The molecule has 0 amide bonds. The average molecular weight is 279 g/mol. The molecule has 0 aliphatic heterocycles. The van der Waals surface area contributed by atoms with Crippen molar-refractivity contribution in [1.29, 1.82) is 0 Å². The Morgan fingerprint density at radius 3 is 2.80 bits per heavy atom. The van der Waals surface area contributed by atoms with Crippen molar-refractivity contribution in [2.45, 2.75) is 32.6 Å². The highest BCUT2D eigenvalue weighted by atomic mass is 16.5. The third kappa shape index (κ3) is 6.70. The van der Waals surface area contributed by atoms with Gasteiger partial charge in [0.15, 0.2) is 0 Å². The van der Waals surface area contributed by atoms with Crippen LogP contribution in [0.4, 0.5) is 0 Å². The average Bonchev–Trinajstić information content (AvgIpc) is 2.44. The first kappa shape index (κ1) is 16.7. The van der Waals surface area contributed by atoms with Gasteiger partial charge in [-0.15, -0.1) is 0 Å². The van der Waals surface area contributed by atoms with Gasteiger partial charge in [-0.25, -0.2) is 0 Å². The van der Waals surface area contributed by atoms with Crippen LogP contribution in [0.15, 0.2) is 36.9 Å². The summed E-state index contributed by atoms with van der Waals surface area (Å²) in [4.78, 5) is 0. The molecule has 112 valence electrons. The molecule has 0 saturated heterocycles. The van der Waals surface area contributed by atoms with Crippen molar-refractivity contribution in [3.63, 3.8) is 0 Å². The first-order valence-electron chi connectivity index (χ1n) is 6.94. The van der Waals surface area contributed by atoms with E-state index in [4.69, 9.17) is 9.47 Å². The van der Waals surface area contributed by atoms with Crippen LogP contribution in [0.25, 0.3) is 0 Å². The Bertz CT molecular complexity index is 393. The number of hydrogen-bond acceptors (Lipinski definition) is 4. The van der Waals surface area contributed by atoms with Crippen LogP contribution in [0.1, 0.15) is 19.4 Å². The van der Waals surface area contributed by atoms with Gasteiger partial charge in [0, 0.05) is 18.2 Å². The van der Waals surface area contributed by atoms with Crippen LogP contribution in [-0.2, 0) is 11.3 Å². The largest absolute Gasteiger partial charge is 0.489 e. The fourth-order valence-corrected chi connectivity index (χ4v) is 1.65. The Morgan fingerprint density at radius 2 is 2.10 bits per heavy atom. The van der Waals surface area contributed by atoms with E-state index in [-0.39, 0.29) is 0 Å². The number of aliphatic hydroxyl groups is 1. The summed E-state index contributed by atoms with van der Waals surface area (Å²) < 4.78 is 11.1. The van der Waals surface area contributed by atoms with E-state index >= 15 is 0 Å². The summed E-state index contributed by atoms with van der Waals surface area (Å²) in [5, 5.41) is 12.9. The number of aliphatic hydroxyl groups excluding tert-OH is 1. The molecule has 1 aromatic carbocycles. The zero-order valence-electron chi connectivity index (χ0n) is 12.3. The van der Waals surface area contributed by atoms with Gasteiger partial charge in [-0.05, 0) is 6.07 Å². The fourth-order valence-electron chi connectivity index (χ4n) is 1.65. The van der Waals surface area contributed by atoms with E-state index in [1.54, 1.807) is 6.08 Å². The van der Waals surface area contributed by atoms with Gasteiger partial charge in [-0.2, -0.15) is 0 Å². The Labute approximate surface area is 121 Å². The van der Waals surface area contributed by atoms with E-state index in [1.165, 1.54) is 0 Å². The molecule has 0 fully saturated rings. The Balaban J connectivity index is 2.35. The number of ether oxygens (including phenoxy) is 2. The first-order valence-corrected chi connectivity index (χ1v) is 6.94. The van der Waals surface area contributed by atoms with Crippen molar-refractivity contribution in [2.75, 3.05) is 19.8 Å². The second kappa shape index (κ2) is 9.53. The number of rotatable bonds is 10. The van der Waals surface area contributed by atoms with Crippen LogP contribution in [0, 0.1) is 0 Å². The normalized spacial score (nSPS) is 12.4. The van der Waals surface area contributed by atoms with E-state index in [0.29, 0.717) is 32.4 Å². The molecule has 0 saturated carbocycles. The summed E-state index contributed by atoms with van der Waals surface area (Å²) in [5.74, 6) is 0.794. The van der Waals surface area contributed by atoms with Crippen molar-refractivity contribution in [2.24, 2.45) is 0 Å². The highest BCUT2D eigenvalue weighted by molar-refractivity contribution is 5.32. The van der Waals surface area contributed by atoms with Gasteiger partial charge in [0.1, 0.15) is 12.4 Å². The quantitative estimate of drug-likeness (QED) is 0.644. The van der Waals surface area contributed by atoms with Crippen molar-refractivity contribution in [1.82, 2.24) is 5.32 Å². The first-order chi connectivity index (χ1) is 9.63. The summed E-state index contributed by atoms with van der Waals surface area (Å²) in [6.45, 7) is 9.44. The standard InChI is InChI=1S/C16H25NO3/c1-4-9-20-16-8-6-5-7-14(16)11-19-12-15(18)10-17-13(2)3/h4-8,13,15,17-18H,1,9-12H2,2-3H3/t15-/m0/s1. The highest BCUT2D eigenvalue weighted by Crippen LogP contribution is 2.18. The molecule has 0 bridgehead atoms. The van der Waals surface area contributed by atoms with E-state index < -0.39 is 6.10 Å². The molecule has 1 rings (SSSR count). The molecule has 0 aromatic heterocycles. The number of hydrogen-bond donors (Lipinski definition) is 2. The van der Waals surface area contributed by atoms with E-state index in [1.807, 2.05) is 38.1 Å². The lowest BCUT2D eigenvalue weighted by atomic mass is 10.2. The topological polar surface area (TPSA) is 50.7 Å². The molecule has 20 heavy (non-hydrogen) atoms. The van der Waals surface area contributed by atoms with Crippen LogP contribution in [0.3, 0.4) is 0 Å². The van der Waals surface area contributed by atoms with Crippen LogP contribution in [0.2, 0.25) is 0 Å². The lowest BCUT2D eigenvalue weighted by molar-refractivity contribution is 0.0273. The molecule has 0 radical (unpaired) electrons. The van der Waals surface area contributed by atoms with E-state index in [2.05, 4.69) is 11.9 Å². The van der Waals surface area contributed by atoms with Crippen LogP contribution >= 0.6 is 0 Å². The van der Waals surface area contributed by atoms with Gasteiger partial charge < -0.3 is 19.9 Å². The number of nitrogens with one attached hydrogen (secondary N) is 1. The molecular weight excluding hydrogens is 254 g/mol. The second-order valence-electron chi connectivity index (χ2n) is 4.94. The van der Waals surface area contributed by atoms with Gasteiger partial charge in [0.2, 0.25) is 0 Å². The minimum Gasteiger partial charge on any atom is -0.489 e. The smallest absolute Gasteiger partial charge is 0.125 e. The molecule has 0 spiro atoms. The number of benzene rings is 1.